The summed E-state index contributed by atoms with van der Waals surface area (Å²) in [6.07, 6.45) is 2.86. The average molecular weight is 317 g/mol. The van der Waals surface area contributed by atoms with Gasteiger partial charge in [0, 0.05) is 27.3 Å². The summed E-state index contributed by atoms with van der Waals surface area (Å²) < 4.78 is 13.2. The van der Waals surface area contributed by atoms with Crippen molar-refractivity contribution in [2.24, 2.45) is 0 Å². The highest BCUT2D eigenvalue weighted by Gasteiger charge is 2.29. The van der Waals surface area contributed by atoms with E-state index < -0.39 is 5.82 Å². The van der Waals surface area contributed by atoms with Crippen molar-refractivity contribution in [2.45, 2.75) is 25.2 Å². The normalized spacial score (nSPS) is 14.9. The third-order valence-corrected chi connectivity index (χ3v) is 4.73. The van der Waals surface area contributed by atoms with Gasteiger partial charge in [0.25, 0.3) is 0 Å². The first-order chi connectivity index (χ1) is 9.04. The van der Waals surface area contributed by atoms with E-state index in [0.717, 1.165) is 29.0 Å². The summed E-state index contributed by atoms with van der Waals surface area (Å²) in [6, 6.07) is 2.56. The number of hydrogen-bond donors (Lipinski definition) is 1. The van der Waals surface area contributed by atoms with Crippen molar-refractivity contribution in [3.8, 4) is 0 Å². The summed E-state index contributed by atoms with van der Waals surface area (Å²) >= 11 is 13.6. The summed E-state index contributed by atoms with van der Waals surface area (Å²) in [5.41, 5.74) is 7.57. The van der Waals surface area contributed by atoms with E-state index in [1.807, 2.05) is 0 Å². The molecule has 100 valence electrons. The van der Waals surface area contributed by atoms with Crippen LogP contribution in [-0.4, -0.2) is 4.98 Å². The Morgan fingerprint density at radius 2 is 1.95 bits per heavy atom. The number of anilines is 1. The third kappa shape index (κ3) is 2.71. The Morgan fingerprint density at radius 1 is 1.32 bits per heavy atom. The lowest BCUT2D eigenvalue weighted by atomic mass is 10.1. The topological polar surface area (TPSA) is 38.9 Å². The minimum Gasteiger partial charge on any atom is -0.375 e. The first-order valence-corrected chi connectivity index (χ1v) is 7.50. The lowest BCUT2D eigenvalue weighted by molar-refractivity contribution is 0.627. The number of nitrogens with zero attached hydrogens (tertiary/aromatic N) is 1. The van der Waals surface area contributed by atoms with Gasteiger partial charge in [0.2, 0.25) is 0 Å². The van der Waals surface area contributed by atoms with Gasteiger partial charge in [-0.15, -0.1) is 11.3 Å². The number of rotatable bonds is 3. The second-order valence-corrected chi connectivity index (χ2v) is 6.59. The number of halogens is 3. The highest BCUT2D eigenvalue weighted by atomic mass is 35.5. The predicted octanol–water partition coefficient (Wildman–Crippen LogP) is 4.64. The molecule has 1 saturated carbocycles. The summed E-state index contributed by atoms with van der Waals surface area (Å²) in [4.78, 5) is 5.46. The van der Waals surface area contributed by atoms with Gasteiger partial charge in [-0.3, -0.25) is 0 Å². The van der Waals surface area contributed by atoms with E-state index in [-0.39, 0.29) is 0 Å². The number of hydrogen-bond acceptors (Lipinski definition) is 3. The van der Waals surface area contributed by atoms with Crippen LogP contribution in [0.2, 0.25) is 10.0 Å². The fraction of sp³-hybridized carbons (Fsp3) is 0.308. The monoisotopic (exact) mass is 316 g/mol. The number of aromatic nitrogens is 1. The Hall–Kier alpha value is -0.840. The van der Waals surface area contributed by atoms with Gasteiger partial charge < -0.3 is 5.73 Å². The highest BCUT2D eigenvalue weighted by Crippen LogP contribution is 2.44. The number of thiazole rings is 1. The molecule has 1 aromatic heterocycles. The van der Waals surface area contributed by atoms with Gasteiger partial charge in [0.15, 0.2) is 5.13 Å². The summed E-state index contributed by atoms with van der Waals surface area (Å²) in [6.45, 7) is 0. The zero-order valence-electron chi connectivity index (χ0n) is 9.92. The minimum absolute atomic E-state index is 0.346. The van der Waals surface area contributed by atoms with Gasteiger partial charge >= 0.3 is 0 Å². The maximum absolute atomic E-state index is 13.2. The average Bonchev–Trinajstić information content (AvgIpc) is 3.08. The van der Waals surface area contributed by atoms with E-state index in [4.69, 9.17) is 28.9 Å². The Morgan fingerprint density at radius 3 is 2.53 bits per heavy atom. The summed E-state index contributed by atoms with van der Waals surface area (Å²) in [5, 5.41) is 1.25. The fourth-order valence-corrected chi connectivity index (χ4v) is 3.61. The largest absolute Gasteiger partial charge is 0.375 e. The van der Waals surface area contributed by atoms with E-state index in [0.29, 0.717) is 27.5 Å². The molecule has 3 rings (SSSR count). The van der Waals surface area contributed by atoms with Gasteiger partial charge in [0.05, 0.1) is 5.69 Å². The number of nitrogens with two attached hydrogens (primary N) is 1. The molecule has 2 aromatic rings. The van der Waals surface area contributed by atoms with E-state index in [1.54, 1.807) is 0 Å². The van der Waals surface area contributed by atoms with E-state index in [1.165, 1.54) is 23.5 Å². The molecular weight excluding hydrogens is 306 g/mol. The lowest BCUT2D eigenvalue weighted by Gasteiger charge is -2.07. The highest BCUT2D eigenvalue weighted by molar-refractivity contribution is 7.15. The van der Waals surface area contributed by atoms with Crippen LogP contribution in [-0.2, 0) is 6.42 Å². The van der Waals surface area contributed by atoms with Crippen molar-refractivity contribution in [2.75, 3.05) is 5.73 Å². The van der Waals surface area contributed by atoms with Crippen molar-refractivity contribution in [3.63, 3.8) is 0 Å². The van der Waals surface area contributed by atoms with Crippen molar-refractivity contribution in [1.29, 1.82) is 0 Å². The van der Waals surface area contributed by atoms with Gasteiger partial charge in [-0.1, -0.05) is 23.2 Å². The van der Waals surface area contributed by atoms with Crippen molar-refractivity contribution in [1.82, 2.24) is 4.98 Å². The molecule has 1 aliphatic rings. The Balaban J connectivity index is 1.97. The Kier molecular flexibility index (Phi) is 3.41. The third-order valence-electron chi connectivity index (χ3n) is 3.15. The molecule has 2 N–H and O–H groups in total. The smallest absolute Gasteiger partial charge is 0.180 e. The number of nitrogen functional groups attached to an aromatic ring is 1. The maximum Gasteiger partial charge on any atom is 0.180 e. The Bertz CT molecular complexity index is 615. The van der Waals surface area contributed by atoms with Crippen molar-refractivity contribution >= 4 is 39.7 Å². The standard InChI is InChI=1S/C13H11Cl2FN2S/c14-9-3-7(16)4-10(15)8(9)5-11-12(6-1-2-6)18-13(17)19-11/h3-4,6H,1-2,5H2,(H2,17,18). The molecule has 0 amide bonds. The first kappa shape index (κ1) is 13.2. The van der Waals surface area contributed by atoms with E-state index in [9.17, 15) is 4.39 Å². The quantitative estimate of drug-likeness (QED) is 0.895. The molecule has 0 spiro atoms. The second-order valence-electron chi connectivity index (χ2n) is 4.66. The molecular formula is C13H11Cl2FN2S. The molecule has 1 heterocycles. The van der Waals surface area contributed by atoms with Crippen LogP contribution in [0.1, 0.15) is 34.9 Å². The van der Waals surface area contributed by atoms with Crippen LogP contribution in [0.15, 0.2) is 12.1 Å². The molecule has 19 heavy (non-hydrogen) atoms. The molecule has 1 aromatic carbocycles. The van der Waals surface area contributed by atoms with Crippen LogP contribution >= 0.6 is 34.5 Å². The fourth-order valence-electron chi connectivity index (χ4n) is 2.09. The zero-order valence-corrected chi connectivity index (χ0v) is 12.2. The van der Waals surface area contributed by atoms with Crippen LogP contribution in [0.25, 0.3) is 0 Å². The van der Waals surface area contributed by atoms with Gasteiger partial charge in [-0.2, -0.15) is 0 Å². The molecule has 0 radical (unpaired) electrons. The molecule has 0 atom stereocenters. The van der Waals surface area contributed by atoms with Crippen molar-refractivity contribution < 1.29 is 4.39 Å². The Labute approximate surface area is 124 Å². The molecule has 0 aliphatic heterocycles. The van der Waals surface area contributed by atoms with E-state index >= 15 is 0 Å². The summed E-state index contributed by atoms with van der Waals surface area (Å²) in [5.74, 6) is 0.0894. The molecule has 1 aliphatic carbocycles. The minimum atomic E-state index is -0.426. The van der Waals surface area contributed by atoms with Crippen LogP contribution in [0.5, 0.6) is 0 Å². The number of benzene rings is 1. The molecule has 0 unspecified atom stereocenters. The zero-order chi connectivity index (χ0) is 13.6. The van der Waals surface area contributed by atoms with Gasteiger partial charge in [-0.25, -0.2) is 9.37 Å². The van der Waals surface area contributed by atoms with E-state index in [2.05, 4.69) is 4.98 Å². The molecule has 2 nitrogen and oxygen atoms in total. The second kappa shape index (κ2) is 4.93. The van der Waals surface area contributed by atoms with Crippen molar-refractivity contribution in [3.05, 3.63) is 44.1 Å². The van der Waals surface area contributed by atoms with Crippen LogP contribution in [0, 0.1) is 5.82 Å². The molecule has 0 saturated heterocycles. The predicted molar refractivity (Wildman–Crippen MR) is 77.7 cm³/mol. The molecule has 1 fully saturated rings. The van der Waals surface area contributed by atoms with Gasteiger partial charge in [0.1, 0.15) is 5.82 Å². The van der Waals surface area contributed by atoms with Crippen LogP contribution < -0.4 is 5.73 Å². The van der Waals surface area contributed by atoms with Gasteiger partial charge in [-0.05, 0) is 30.5 Å². The van der Waals surface area contributed by atoms with Crippen LogP contribution in [0.3, 0.4) is 0 Å². The SMILES string of the molecule is Nc1nc(C2CC2)c(Cc2c(Cl)cc(F)cc2Cl)s1. The maximum atomic E-state index is 13.2. The molecule has 6 heteroatoms. The first-order valence-electron chi connectivity index (χ1n) is 5.93. The van der Waals surface area contributed by atoms with Crippen LogP contribution in [0.4, 0.5) is 9.52 Å². The molecule has 0 bridgehead atoms. The lowest BCUT2D eigenvalue weighted by Crippen LogP contribution is -1.94. The summed E-state index contributed by atoms with van der Waals surface area (Å²) in [7, 11) is 0.